The van der Waals surface area contributed by atoms with Crippen molar-refractivity contribution in [3.05, 3.63) is 124 Å². The Morgan fingerprint density at radius 1 is 0.580 bits per heavy atom. The molecule has 0 spiro atoms. The molecule has 2 heterocycles. The van der Waals surface area contributed by atoms with Gasteiger partial charge in [0, 0.05) is 53.5 Å². The summed E-state index contributed by atoms with van der Waals surface area (Å²) in [6, 6.07) is 36.1. The second kappa shape index (κ2) is 26.3. The fourth-order valence-corrected chi connectivity index (χ4v) is 21.9. The fraction of sp³-hybridized carbons (Fsp3) is 0.548. The Bertz CT molecular complexity index is 2290. The van der Waals surface area contributed by atoms with Crippen LogP contribution in [0.2, 0.25) is 0 Å². The minimum absolute atomic E-state index is 0. The van der Waals surface area contributed by atoms with Crippen molar-refractivity contribution < 1.29 is 26.5 Å². The first kappa shape index (κ1) is 51.9. The molecule has 12 rings (SSSR count). The summed E-state index contributed by atoms with van der Waals surface area (Å²) in [7, 11) is -0.121. The molecule has 4 aromatic rings. The van der Waals surface area contributed by atoms with Gasteiger partial charge in [0.05, 0.1) is 25.4 Å². The Kier molecular flexibility index (Phi) is 19.8. The van der Waals surface area contributed by atoms with Crippen molar-refractivity contribution in [1.82, 2.24) is 0 Å². The SMILES string of the molecule is C1CCCC1.C[C@@H](C1CCCC1P(c1ccccc1)c1ccccc1)P(C1CCCCC1)C1CCCCC1.N#C/C=C1\CCc2ccc3c(c21)CCO3.N#CC[C@@H]1CCc2ccc3c(c21)CCO3.[Fe]. The van der Waals surface area contributed by atoms with Gasteiger partial charge >= 0.3 is 0 Å². The van der Waals surface area contributed by atoms with Crippen LogP contribution in [-0.2, 0) is 42.8 Å². The summed E-state index contributed by atoms with van der Waals surface area (Å²) in [4.78, 5) is 0. The topological polar surface area (TPSA) is 66.0 Å². The molecule has 0 N–H and O–H groups in total. The van der Waals surface area contributed by atoms with Gasteiger partial charge in [0.25, 0.3) is 0 Å². The maximum atomic E-state index is 8.82. The average molecular weight is 1000 g/mol. The predicted octanol–water partition coefficient (Wildman–Crippen LogP) is 15.8. The van der Waals surface area contributed by atoms with Crippen molar-refractivity contribution in [2.45, 2.75) is 196 Å². The van der Waals surface area contributed by atoms with E-state index in [2.05, 4.69) is 104 Å². The number of ether oxygens (including phenoxy) is 2. The molecule has 4 nitrogen and oxygen atoms in total. The molecule has 0 radical (unpaired) electrons. The smallest absolute Gasteiger partial charge is 0.123 e. The molecule has 0 saturated heterocycles. The molecule has 69 heavy (non-hydrogen) atoms. The Morgan fingerprint density at radius 3 is 1.71 bits per heavy atom. The van der Waals surface area contributed by atoms with E-state index in [0.717, 1.165) is 91.8 Å². The van der Waals surface area contributed by atoms with Crippen molar-refractivity contribution in [3.8, 4) is 23.6 Å². The van der Waals surface area contributed by atoms with E-state index in [4.69, 9.17) is 20.0 Å². The third-order valence-corrected chi connectivity index (χ3v) is 24.0. The summed E-state index contributed by atoms with van der Waals surface area (Å²) in [5.41, 5.74) is 13.4. The van der Waals surface area contributed by atoms with E-state index in [1.165, 1.54) is 129 Å². The van der Waals surface area contributed by atoms with Crippen molar-refractivity contribution in [1.29, 1.82) is 10.5 Å². The van der Waals surface area contributed by atoms with Gasteiger partial charge in [0.15, 0.2) is 0 Å². The number of hydrogen-bond acceptors (Lipinski definition) is 4. The molecule has 0 amide bonds. The van der Waals surface area contributed by atoms with Gasteiger partial charge in [-0.15, -0.1) is 0 Å². The molecule has 0 aromatic heterocycles. The molecule has 0 bridgehead atoms. The molecule has 4 fully saturated rings. The second-order valence-electron chi connectivity index (χ2n) is 21.0. The Morgan fingerprint density at radius 2 is 1.13 bits per heavy atom. The summed E-state index contributed by atoms with van der Waals surface area (Å²) in [5, 5.41) is 20.8. The van der Waals surface area contributed by atoms with Crippen LogP contribution in [0.15, 0.2) is 91.0 Å². The average Bonchev–Trinajstić information content (AvgIpc) is 4.26. The first-order chi connectivity index (χ1) is 33.6. The first-order valence-corrected chi connectivity index (χ1v) is 30.3. The van der Waals surface area contributed by atoms with E-state index < -0.39 is 0 Å². The monoisotopic (exact) mass is 1000 g/mol. The molecule has 6 aliphatic carbocycles. The molecule has 4 saturated carbocycles. The van der Waals surface area contributed by atoms with Crippen LogP contribution < -0.4 is 20.1 Å². The zero-order chi connectivity index (χ0) is 46.5. The van der Waals surface area contributed by atoms with Gasteiger partial charge in [-0.2, -0.15) is 10.5 Å². The molecule has 366 valence electrons. The zero-order valence-electron chi connectivity index (χ0n) is 41.7. The van der Waals surface area contributed by atoms with Crippen LogP contribution in [0.25, 0.3) is 5.57 Å². The van der Waals surface area contributed by atoms with Crippen LogP contribution in [0.5, 0.6) is 11.5 Å². The molecular weight excluding hydrogens is 922 g/mol. The number of aryl methyl sites for hydroxylation is 2. The Balaban J connectivity index is 0.000000147. The standard InChI is InChI=1S/C31H44P2.C13H13NO.C13H11NO.C5H10.Fe/c1-25(32(26-15-6-2-7-16-26)27-17-8-3-9-18-27)30-23-14-24-31(30)33(28-19-10-4-11-20-28)29-21-12-5-13-22-29;2*14-7-5-10-2-1-9-3-4-12-11(13(9)10)6-8-15-12;1-2-4-5-3-1;/h4-5,10-13,19-22,25-27,30-31H,2-3,6-9,14-18,23-24H2,1H3;3-4,10H,1-2,5-6,8H2;3-5H,1-2,6,8H2;1-5H2;/b;;10-5+;;/t25-,30?,31?;10-;;;/m00.../s1. The number of hydrogen-bond donors (Lipinski definition) is 0. The summed E-state index contributed by atoms with van der Waals surface area (Å²) in [6.07, 6.45) is 35.8. The van der Waals surface area contributed by atoms with Crippen LogP contribution >= 0.6 is 15.8 Å². The molecule has 8 aliphatic rings. The minimum Gasteiger partial charge on any atom is -0.493 e. The summed E-state index contributed by atoms with van der Waals surface area (Å²) in [6.45, 7) is 4.35. The third-order valence-electron chi connectivity index (χ3n) is 17.0. The molecule has 7 heteroatoms. The van der Waals surface area contributed by atoms with Crippen molar-refractivity contribution >= 4 is 32.0 Å². The number of rotatable bonds is 8. The molecule has 2 aliphatic heterocycles. The minimum atomic E-state index is -0.273. The van der Waals surface area contributed by atoms with E-state index >= 15 is 0 Å². The quantitative estimate of drug-likeness (QED) is 0.100. The molecular formula is C62H78FeN2O2P2. The van der Waals surface area contributed by atoms with Crippen LogP contribution in [0.3, 0.4) is 0 Å². The second-order valence-corrected chi connectivity index (χ2v) is 26.6. The van der Waals surface area contributed by atoms with Gasteiger partial charge < -0.3 is 9.47 Å². The number of fused-ring (bicyclic) bond motifs is 6. The van der Waals surface area contributed by atoms with Crippen molar-refractivity contribution in [2.75, 3.05) is 13.2 Å². The maximum absolute atomic E-state index is 8.82. The number of allylic oxidation sites excluding steroid dienone is 2. The van der Waals surface area contributed by atoms with Gasteiger partial charge in [-0.25, -0.2) is 0 Å². The zero-order valence-corrected chi connectivity index (χ0v) is 44.6. The van der Waals surface area contributed by atoms with E-state index in [1.54, 1.807) is 42.4 Å². The van der Waals surface area contributed by atoms with Crippen LogP contribution in [0, 0.1) is 28.6 Å². The molecule has 4 atom stereocenters. The normalized spacial score (nSPS) is 23.2. The molecule has 4 aromatic carbocycles. The van der Waals surface area contributed by atoms with Crippen LogP contribution in [0.4, 0.5) is 0 Å². The van der Waals surface area contributed by atoms with Gasteiger partial charge in [-0.3, -0.25) is 0 Å². The molecule has 2 unspecified atom stereocenters. The van der Waals surface area contributed by atoms with Crippen molar-refractivity contribution in [2.24, 2.45) is 5.92 Å². The first-order valence-electron chi connectivity index (χ1n) is 27.3. The van der Waals surface area contributed by atoms with Crippen molar-refractivity contribution in [3.63, 3.8) is 0 Å². The van der Waals surface area contributed by atoms with Crippen LogP contribution in [-0.4, -0.2) is 35.8 Å². The van der Waals surface area contributed by atoms with Gasteiger partial charge in [-0.05, 0) is 157 Å². The van der Waals surface area contributed by atoms with Gasteiger partial charge in [-0.1, -0.05) is 165 Å². The summed E-state index contributed by atoms with van der Waals surface area (Å²) < 4.78 is 11.1. The van der Waals surface area contributed by atoms with E-state index in [1.807, 2.05) is 0 Å². The summed E-state index contributed by atoms with van der Waals surface area (Å²) >= 11 is 0. The summed E-state index contributed by atoms with van der Waals surface area (Å²) in [5.74, 6) is 3.46. The van der Waals surface area contributed by atoms with Gasteiger partial charge in [0.2, 0.25) is 0 Å². The Labute approximate surface area is 429 Å². The number of nitrogens with zero attached hydrogens (tertiary/aromatic N) is 2. The Hall–Kier alpha value is -3.42. The maximum Gasteiger partial charge on any atom is 0.123 e. The van der Waals surface area contributed by atoms with Gasteiger partial charge in [0.1, 0.15) is 11.5 Å². The van der Waals surface area contributed by atoms with Crippen LogP contribution in [0.1, 0.15) is 181 Å². The largest absolute Gasteiger partial charge is 0.493 e. The number of benzene rings is 4. The number of nitriles is 2. The van der Waals surface area contributed by atoms with E-state index in [9.17, 15) is 0 Å². The fourth-order valence-electron chi connectivity index (χ4n) is 13.8. The van der Waals surface area contributed by atoms with E-state index in [0.29, 0.717) is 12.3 Å². The van der Waals surface area contributed by atoms with E-state index in [-0.39, 0.29) is 32.9 Å². The predicted molar refractivity (Wildman–Crippen MR) is 288 cm³/mol. The third kappa shape index (κ3) is 12.6.